The lowest BCUT2D eigenvalue weighted by atomic mass is 10.4. The summed E-state index contributed by atoms with van der Waals surface area (Å²) in [7, 11) is 1.20. The van der Waals surface area contributed by atoms with Crippen LogP contribution in [0, 0.1) is 5.95 Å². The van der Waals surface area contributed by atoms with Crippen molar-refractivity contribution >= 4 is 5.97 Å². The number of hydrogen-bond acceptors (Lipinski definition) is 3. The molecule has 5 heteroatoms. The number of ether oxygens (including phenoxy) is 1. The number of nitrogens with one attached hydrogen (secondary N) is 1. The third kappa shape index (κ3) is 1.12. The number of aromatic amines is 1. The molecule has 1 N–H and O–H groups in total. The Morgan fingerprint density at radius 3 is 3.00 bits per heavy atom. The van der Waals surface area contributed by atoms with Crippen molar-refractivity contribution in [3.8, 4) is 0 Å². The number of hydrogen-bond donors (Lipinski definition) is 1. The Bertz CT molecular complexity index is 246. The Hall–Kier alpha value is -1.39. The molecule has 0 radical (unpaired) electrons. The van der Waals surface area contributed by atoms with Gasteiger partial charge in [-0.2, -0.15) is 9.49 Å². The van der Waals surface area contributed by atoms with Crippen LogP contribution in [0.1, 0.15) is 10.5 Å². The molecule has 0 bridgehead atoms. The second kappa shape index (κ2) is 2.47. The maximum absolute atomic E-state index is 12.1. The second-order valence-electron chi connectivity index (χ2n) is 1.59. The summed E-state index contributed by atoms with van der Waals surface area (Å²) in [6.45, 7) is 0. The van der Waals surface area contributed by atoms with Crippen molar-refractivity contribution in [3.05, 3.63) is 17.7 Å². The molecule has 0 fully saturated rings. The molecule has 0 amide bonds. The molecule has 1 aromatic heterocycles. The van der Waals surface area contributed by atoms with E-state index in [4.69, 9.17) is 0 Å². The number of aromatic nitrogens is 2. The molecule has 0 aliphatic heterocycles. The zero-order valence-corrected chi connectivity index (χ0v) is 5.22. The predicted molar refractivity (Wildman–Crippen MR) is 29.9 cm³/mol. The number of nitrogens with zero attached hydrogens (tertiary/aromatic N) is 1. The highest BCUT2D eigenvalue weighted by Gasteiger charge is 2.08. The summed E-state index contributed by atoms with van der Waals surface area (Å²) < 4.78 is 16.4. The lowest BCUT2D eigenvalue weighted by Crippen LogP contribution is -2.00. The van der Waals surface area contributed by atoms with Gasteiger partial charge in [-0.15, -0.1) is 0 Å². The zero-order chi connectivity index (χ0) is 7.56. The van der Waals surface area contributed by atoms with E-state index in [1.807, 2.05) is 5.10 Å². The third-order valence-corrected chi connectivity index (χ3v) is 0.941. The standard InChI is InChI=1S/C5H5FN2O2/c1-10-5(9)3-2-4(6)8-7-3/h2H,1H3,(H,7,8). The zero-order valence-electron chi connectivity index (χ0n) is 5.22. The van der Waals surface area contributed by atoms with Gasteiger partial charge in [0.1, 0.15) is 0 Å². The van der Waals surface area contributed by atoms with Crippen molar-refractivity contribution in [1.82, 2.24) is 10.2 Å². The van der Waals surface area contributed by atoms with Gasteiger partial charge >= 0.3 is 5.97 Å². The Morgan fingerprint density at radius 1 is 1.90 bits per heavy atom. The van der Waals surface area contributed by atoms with Gasteiger partial charge in [0, 0.05) is 6.07 Å². The highest BCUT2D eigenvalue weighted by atomic mass is 19.1. The first-order chi connectivity index (χ1) is 4.74. The van der Waals surface area contributed by atoms with Crippen LogP contribution in [-0.4, -0.2) is 23.3 Å². The minimum absolute atomic E-state index is 0.0556. The van der Waals surface area contributed by atoms with Crippen LogP contribution in [0.4, 0.5) is 4.39 Å². The maximum atomic E-state index is 12.1. The van der Waals surface area contributed by atoms with Crippen LogP contribution in [0.2, 0.25) is 0 Å². The third-order valence-electron chi connectivity index (χ3n) is 0.941. The normalized spacial score (nSPS) is 9.40. The van der Waals surface area contributed by atoms with Gasteiger partial charge in [-0.1, -0.05) is 0 Å². The summed E-state index contributed by atoms with van der Waals surface area (Å²) in [6.07, 6.45) is 0. The topological polar surface area (TPSA) is 55.0 Å². The molecule has 54 valence electrons. The highest BCUT2D eigenvalue weighted by molar-refractivity contribution is 5.86. The van der Waals surface area contributed by atoms with E-state index in [2.05, 4.69) is 9.84 Å². The Kier molecular flexibility index (Phi) is 1.66. The van der Waals surface area contributed by atoms with Crippen molar-refractivity contribution in [2.75, 3.05) is 7.11 Å². The van der Waals surface area contributed by atoms with Crippen molar-refractivity contribution in [2.45, 2.75) is 0 Å². The van der Waals surface area contributed by atoms with Gasteiger partial charge in [0.15, 0.2) is 5.69 Å². The van der Waals surface area contributed by atoms with Crippen molar-refractivity contribution in [2.24, 2.45) is 0 Å². The van der Waals surface area contributed by atoms with Gasteiger partial charge in [-0.25, -0.2) is 4.79 Å². The number of H-pyrrole nitrogens is 1. The van der Waals surface area contributed by atoms with Crippen LogP contribution < -0.4 is 0 Å². The molecule has 10 heavy (non-hydrogen) atoms. The van der Waals surface area contributed by atoms with Gasteiger partial charge < -0.3 is 4.74 Å². The summed E-state index contributed by atoms with van der Waals surface area (Å²) >= 11 is 0. The van der Waals surface area contributed by atoms with Gasteiger partial charge in [0.25, 0.3) is 0 Å². The number of carbonyl (C=O) groups is 1. The monoisotopic (exact) mass is 144 g/mol. The van der Waals surface area contributed by atoms with E-state index in [-0.39, 0.29) is 5.69 Å². The number of rotatable bonds is 1. The number of esters is 1. The molecule has 0 saturated heterocycles. The molecule has 4 nitrogen and oxygen atoms in total. The first-order valence-electron chi connectivity index (χ1n) is 2.53. The van der Waals surface area contributed by atoms with E-state index in [0.717, 1.165) is 6.07 Å². The van der Waals surface area contributed by atoms with E-state index in [1.54, 1.807) is 0 Å². The van der Waals surface area contributed by atoms with Crippen molar-refractivity contribution in [1.29, 1.82) is 0 Å². The molecule has 0 aliphatic carbocycles. The first kappa shape index (κ1) is 6.73. The molecule has 0 atom stereocenters. The summed E-state index contributed by atoms with van der Waals surface area (Å²) in [6, 6.07) is 0.964. The van der Waals surface area contributed by atoms with Gasteiger partial charge in [0.05, 0.1) is 7.11 Å². The Morgan fingerprint density at radius 2 is 2.60 bits per heavy atom. The predicted octanol–water partition coefficient (Wildman–Crippen LogP) is 0.335. The molecule has 1 rings (SSSR count). The number of halogens is 1. The van der Waals surface area contributed by atoms with Crippen LogP contribution in [0.3, 0.4) is 0 Å². The van der Waals surface area contributed by atoms with Crippen molar-refractivity contribution in [3.63, 3.8) is 0 Å². The molecule has 0 unspecified atom stereocenters. The van der Waals surface area contributed by atoms with E-state index in [1.165, 1.54) is 7.11 Å². The summed E-state index contributed by atoms with van der Waals surface area (Å²) in [5.74, 6) is -1.31. The van der Waals surface area contributed by atoms with Crippen molar-refractivity contribution < 1.29 is 13.9 Å². The maximum Gasteiger partial charge on any atom is 0.358 e. The number of carbonyl (C=O) groups excluding carboxylic acids is 1. The van der Waals surface area contributed by atoms with Gasteiger partial charge in [-0.05, 0) is 0 Å². The fourth-order valence-corrected chi connectivity index (χ4v) is 0.507. The molecule has 1 heterocycles. The molecule has 1 aromatic rings. The molecule has 0 aliphatic rings. The average Bonchev–Trinajstić information content (AvgIpc) is 2.34. The Balaban J connectivity index is 2.85. The van der Waals surface area contributed by atoms with E-state index >= 15 is 0 Å². The second-order valence-corrected chi connectivity index (χ2v) is 1.59. The van der Waals surface area contributed by atoms with Crippen LogP contribution in [0.5, 0.6) is 0 Å². The highest BCUT2D eigenvalue weighted by Crippen LogP contribution is 1.97. The van der Waals surface area contributed by atoms with Crippen LogP contribution >= 0.6 is 0 Å². The summed E-state index contributed by atoms with van der Waals surface area (Å²) in [5, 5.41) is 5.28. The molecular formula is C5H5FN2O2. The fraction of sp³-hybridized carbons (Fsp3) is 0.200. The summed E-state index contributed by atoms with van der Waals surface area (Å²) in [4.78, 5) is 10.6. The quantitative estimate of drug-likeness (QED) is 0.578. The van der Waals surface area contributed by atoms with Crippen LogP contribution in [-0.2, 0) is 4.74 Å². The van der Waals surface area contributed by atoms with E-state index < -0.39 is 11.9 Å². The fourth-order valence-electron chi connectivity index (χ4n) is 0.507. The van der Waals surface area contributed by atoms with Gasteiger partial charge in [0.2, 0.25) is 5.95 Å². The number of methoxy groups -OCH3 is 1. The van der Waals surface area contributed by atoms with E-state index in [9.17, 15) is 9.18 Å². The lowest BCUT2D eigenvalue weighted by molar-refractivity contribution is 0.0594. The van der Waals surface area contributed by atoms with Crippen LogP contribution in [0.15, 0.2) is 6.07 Å². The minimum Gasteiger partial charge on any atom is -0.464 e. The van der Waals surface area contributed by atoms with Crippen LogP contribution in [0.25, 0.3) is 0 Å². The molecule has 0 aromatic carbocycles. The molecule has 0 saturated carbocycles. The van der Waals surface area contributed by atoms with E-state index in [0.29, 0.717) is 0 Å². The summed E-state index contributed by atoms with van der Waals surface area (Å²) in [5.41, 5.74) is -0.0556. The lowest BCUT2D eigenvalue weighted by Gasteiger charge is -1.88. The SMILES string of the molecule is COC(=O)c1cc(F)[nH]n1. The first-order valence-corrected chi connectivity index (χ1v) is 2.53. The molecular weight excluding hydrogens is 139 g/mol. The Labute approximate surface area is 56.0 Å². The minimum atomic E-state index is -0.653. The van der Waals surface area contributed by atoms with Gasteiger partial charge in [-0.3, -0.25) is 5.10 Å². The smallest absolute Gasteiger partial charge is 0.358 e. The average molecular weight is 144 g/mol. The largest absolute Gasteiger partial charge is 0.464 e. The molecule has 0 spiro atoms.